The molecule has 1 aliphatic rings. The van der Waals surface area contributed by atoms with Gasteiger partial charge in [-0.25, -0.2) is 22.8 Å². The quantitative estimate of drug-likeness (QED) is 0.562. The summed E-state index contributed by atoms with van der Waals surface area (Å²) in [6.45, 7) is 2.46. The lowest BCUT2D eigenvalue weighted by atomic mass is 9.96. The average molecular weight is 441 g/mol. The topological polar surface area (TPSA) is 76.1 Å². The van der Waals surface area contributed by atoms with E-state index >= 15 is 0 Å². The number of sulfonamides is 1. The summed E-state index contributed by atoms with van der Waals surface area (Å²) in [6.07, 6.45) is 9.16. The predicted molar refractivity (Wildman–Crippen MR) is 116 cm³/mol. The van der Waals surface area contributed by atoms with E-state index in [1.807, 2.05) is 12.1 Å². The summed E-state index contributed by atoms with van der Waals surface area (Å²) in [6, 6.07) is 8.35. The van der Waals surface area contributed by atoms with Gasteiger partial charge in [0.15, 0.2) is 0 Å². The molecule has 1 aliphatic heterocycles. The number of pyridine rings is 1. The van der Waals surface area contributed by atoms with Crippen LogP contribution in [0.1, 0.15) is 50.2 Å². The molecule has 0 N–H and O–H groups in total. The van der Waals surface area contributed by atoms with Crippen molar-refractivity contribution < 1.29 is 12.8 Å². The van der Waals surface area contributed by atoms with Crippen LogP contribution in [0.15, 0.2) is 59.9 Å². The molecule has 2 aromatic heterocycles. The Hall–Kier alpha value is -2.71. The molecular formula is C23H25FN4O2S. The third kappa shape index (κ3) is 4.50. The molecule has 0 amide bonds. The van der Waals surface area contributed by atoms with E-state index in [2.05, 4.69) is 16.9 Å². The van der Waals surface area contributed by atoms with Crippen LogP contribution in [0.3, 0.4) is 0 Å². The zero-order valence-corrected chi connectivity index (χ0v) is 18.2. The highest BCUT2D eigenvalue weighted by molar-refractivity contribution is 7.89. The molecule has 1 fully saturated rings. The second-order valence-electron chi connectivity index (χ2n) is 7.65. The Morgan fingerprint density at radius 2 is 1.84 bits per heavy atom. The summed E-state index contributed by atoms with van der Waals surface area (Å²) >= 11 is 0. The maximum atomic E-state index is 13.5. The maximum Gasteiger partial charge on any atom is 0.243 e. The molecule has 0 bridgehead atoms. The Bertz CT molecular complexity index is 1140. The molecule has 1 atom stereocenters. The first-order chi connectivity index (χ1) is 15.0. The van der Waals surface area contributed by atoms with Crippen molar-refractivity contribution in [3.63, 3.8) is 0 Å². The number of piperidine rings is 1. The molecule has 1 saturated heterocycles. The molecule has 162 valence electrons. The van der Waals surface area contributed by atoms with E-state index in [4.69, 9.17) is 4.98 Å². The van der Waals surface area contributed by atoms with E-state index in [9.17, 15) is 12.8 Å². The highest BCUT2D eigenvalue weighted by Crippen LogP contribution is 2.38. The molecule has 0 radical (unpaired) electrons. The van der Waals surface area contributed by atoms with Crippen LogP contribution in [0.2, 0.25) is 0 Å². The Balaban J connectivity index is 1.82. The maximum absolute atomic E-state index is 13.5. The van der Waals surface area contributed by atoms with Gasteiger partial charge in [0.1, 0.15) is 11.6 Å². The number of aryl methyl sites for hydroxylation is 1. The highest BCUT2D eigenvalue weighted by atomic mass is 32.2. The van der Waals surface area contributed by atoms with Gasteiger partial charge >= 0.3 is 0 Å². The van der Waals surface area contributed by atoms with Crippen molar-refractivity contribution in [3.05, 3.63) is 72.3 Å². The van der Waals surface area contributed by atoms with E-state index in [-0.39, 0.29) is 4.90 Å². The summed E-state index contributed by atoms with van der Waals surface area (Å²) in [5, 5.41) is 0. The van der Waals surface area contributed by atoms with Crippen molar-refractivity contribution in [2.45, 2.75) is 50.0 Å². The largest absolute Gasteiger partial charge is 0.265 e. The van der Waals surface area contributed by atoms with Crippen LogP contribution in [-0.4, -0.2) is 34.2 Å². The highest BCUT2D eigenvalue weighted by Gasteiger charge is 2.36. The monoisotopic (exact) mass is 440 g/mol. The summed E-state index contributed by atoms with van der Waals surface area (Å²) in [4.78, 5) is 13.5. The molecule has 0 unspecified atom stereocenters. The van der Waals surface area contributed by atoms with E-state index in [1.54, 1.807) is 18.6 Å². The van der Waals surface area contributed by atoms with Gasteiger partial charge in [-0.1, -0.05) is 13.3 Å². The van der Waals surface area contributed by atoms with Crippen LogP contribution < -0.4 is 0 Å². The van der Waals surface area contributed by atoms with Gasteiger partial charge in [0.2, 0.25) is 10.0 Å². The number of hydrogen-bond acceptors (Lipinski definition) is 5. The van der Waals surface area contributed by atoms with Crippen LogP contribution in [0.5, 0.6) is 0 Å². The van der Waals surface area contributed by atoms with Crippen LogP contribution in [0.25, 0.3) is 11.1 Å². The summed E-state index contributed by atoms with van der Waals surface area (Å²) < 4.78 is 41.9. The van der Waals surface area contributed by atoms with Crippen LogP contribution in [0, 0.1) is 5.82 Å². The van der Waals surface area contributed by atoms with Crippen LogP contribution in [0.4, 0.5) is 4.39 Å². The van der Waals surface area contributed by atoms with Gasteiger partial charge in [-0.05, 0) is 61.2 Å². The van der Waals surface area contributed by atoms with Gasteiger partial charge in [0.05, 0.1) is 16.6 Å². The molecular weight excluding hydrogens is 415 g/mol. The van der Waals surface area contributed by atoms with E-state index in [0.29, 0.717) is 18.8 Å². The Kier molecular flexibility index (Phi) is 6.38. The molecule has 31 heavy (non-hydrogen) atoms. The Morgan fingerprint density at radius 3 is 2.55 bits per heavy atom. The fraction of sp³-hybridized carbons (Fsp3) is 0.348. The van der Waals surface area contributed by atoms with Crippen molar-refractivity contribution in [1.29, 1.82) is 0 Å². The Morgan fingerprint density at radius 1 is 1.10 bits per heavy atom. The molecule has 6 nitrogen and oxygen atoms in total. The van der Waals surface area contributed by atoms with Gasteiger partial charge in [0.25, 0.3) is 0 Å². The lowest BCUT2D eigenvalue weighted by molar-refractivity contribution is 0.251. The first-order valence-corrected chi connectivity index (χ1v) is 12.0. The molecule has 0 saturated carbocycles. The first kappa shape index (κ1) is 21.5. The van der Waals surface area contributed by atoms with Crippen molar-refractivity contribution >= 4 is 10.0 Å². The smallest absolute Gasteiger partial charge is 0.243 e. The minimum atomic E-state index is -3.81. The van der Waals surface area contributed by atoms with Crippen molar-refractivity contribution in [3.8, 4) is 11.1 Å². The second-order valence-corrected chi connectivity index (χ2v) is 9.54. The van der Waals surface area contributed by atoms with Crippen molar-refractivity contribution in [1.82, 2.24) is 19.3 Å². The molecule has 8 heteroatoms. The van der Waals surface area contributed by atoms with Gasteiger partial charge in [-0.15, -0.1) is 0 Å². The SMILES string of the molecule is CCCc1ncc(-c2ccncc2)c([C@H]2CCCCN2S(=O)(=O)c2ccc(F)cc2)n1. The first-order valence-electron chi connectivity index (χ1n) is 10.5. The molecule has 3 heterocycles. The van der Waals surface area contributed by atoms with Crippen LogP contribution >= 0.6 is 0 Å². The number of halogens is 1. The molecule has 0 spiro atoms. The lowest BCUT2D eigenvalue weighted by Gasteiger charge is -2.35. The van der Waals surface area contributed by atoms with Gasteiger partial charge in [0, 0.05) is 37.1 Å². The molecule has 1 aromatic carbocycles. The minimum Gasteiger partial charge on any atom is -0.265 e. The lowest BCUT2D eigenvalue weighted by Crippen LogP contribution is -2.39. The summed E-state index contributed by atoms with van der Waals surface area (Å²) in [5.41, 5.74) is 2.43. The van der Waals surface area contributed by atoms with Gasteiger partial charge in [-0.2, -0.15) is 4.31 Å². The van der Waals surface area contributed by atoms with Crippen molar-refractivity contribution in [2.75, 3.05) is 6.54 Å². The van der Waals surface area contributed by atoms with E-state index < -0.39 is 21.9 Å². The van der Waals surface area contributed by atoms with Gasteiger partial charge < -0.3 is 0 Å². The standard InChI is InChI=1S/C23H25FN4O2S/c1-2-5-22-26-16-20(17-11-13-25-14-12-17)23(27-22)21-6-3-4-15-28(21)31(29,30)19-9-7-18(24)8-10-19/h7-14,16,21H,2-6,15H2,1H3/t21-/m1/s1. The third-order valence-electron chi connectivity index (χ3n) is 5.52. The second kappa shape index (κ2) is 9.20. The predicted octanol–water partition coefficient (Wildman–Crippen LogP) is 4.55. The molecule has 0 aliphatic carbocycles. The number of hydrogen-bond donors (Lipinski definition) is 0. The third-order valence-corrected chi connectivity index (χ3v) is 7.45. The van der Waals surface area contributed by atoms with Gasteiger partial charge in [-0.3, -0.25) is 4.98 Å². The fourth-order valence-electron chi connectivity index (χ4n) is 3.99. The van der Waals surface area contributed by atoms with Crippen molar-refractivity contribution in [2.24, 2.45) is 0 Å². The number of nitrogens with zero attached hydrogens (tertiary/aromatic N) is 4. The zero-order valence-electron chi connectivity index (χ0n) is 17.4. The fourth-order valence-corrected chi connectivity index (χ4v) is 5.65. The zero-order chi connectivity index (χ0) is 21.8. The number of rotatable bonds is 6. The number of aromatic nitrogens is 3. The van der Waals surface area contributed by atoms with E-state index in [0.717, 1.165) is 42.5 Å². The molecule has 3 aromatic rings. The number of benzene rings is 1. The molecule has 4 rings (SSSR count). The van der Waals surface area contributed by atoms with Crippen LogP contribution in [-0.2, 0) is 16.4 Å². The normalized spacial score (nSPS) is 17.5. The average Bonchev–Trinajstić information content (AvgIpc) is 2.80. The minimum absolute atomic E-state index is 0.0918. The van der Waals surface area contributed by atoms with E-state index in [1.165, 1.54) is 28.6 Å². The Labute approximate surface area is 182 Å². The summed E-state index contributed by atoms with van der Waals surface area (Å²) in [7, 11) is -3.81. The summed E-state index contributed by atoms with van der Waals surface area (Å²) in [5.74, 6) is 0.245.